The molecule has 0 aliphatic rings. The van der Waals surface area contributed by atoms with Crippen molar-refractivity contribution in [1.82, 2.24) is 4.98 Å². The standard InChI is InChI=1S/C24H19NO3/c1-16-22(12-13-23(27)19-8-6-17(15-26)7-9-19)25-24(28-16)21-11-10-18-4-2-3-5-20(18)14-21/h2-11,14-15H,12-13H2,1H3. The lowest BCUT2D eigenvalue weighted by atomic mass is 10.0. The summed E-state index contributed by atoms with van der Waals surface area (Å²) in [6.07, 6.45) is 1.61. The van der Waals surface area contributed by atoms with Crippen LogP contribution in [0.25, 0.3) is 22.2 Å². The van der Waals surface area contributed by atoms with Crippen molar-refractivity contribution < 1.29 is 14.0 Å². The van der Waals surface area contributed by atoms with E-state index in [2.05, 4.69) is 29.2 Å². The van der Waals surface area contributed by atoms with Crippen LogP contribution in [0.5, 0.6) is 0 Å². The summed E-state index contributed by atoms with van der Waals surface area (Å²) in [7, 11) is 0. The molecule has 4 heteroatoms. The Hall–Kier alpha value is -3.53. The van der Waals surface area contributed by atoms with Gasteiger partial charge < -0.3 is 4.42 Å². The summed E-state index contributed by atoms with van der Waals surface area (Å²) < 4.78 is 5.86. The van der Waals surface area contributed by atoms with Gasteiger partial charge in [-0.2, -0.15) is 0 Å². The molecule has 4 rings (SSSR count). The van der Waals surface area contributed by atoms with Gasteiger partial charge in [-0.15, -0.1) is 0 Å². The minimum absolute atomic E-state index is 0.0205. The van der Waals surface area contributed by atoms with Gasteiger partial charge in [0.1, 0.15) is 12.0 Å². The first-order chi connectivity index (χ1) is 13.6. The molecule has 0 saturated carbocycles. The molecule has 28 heavy (non-hydrogen) atoms. The summed E-state index contributed by atoms with van der Waals surface area (Å²) in [5.41, 5.74) is 2.87. The van der Waals surface area contributed by atoms with Crippen molar-refractivity contribution >= 4 is 22.8 Å². The summed E-state index contributed by atoms with van der Waals surface area (Å²) in [6, 6.07) is 20.9. The Morgan fingerprint density at radius 2 is 1.75 bits per heavy atom. The van der Waals surface area contributed by atoms with E-state index >= 15 is 0 Å². The van der Waals surface area contributed by atoms with E-state index in [-0.39, 0.29) is 5.78 Å². The van der Waals surface area contributed by atoms with Crippen LogP contribution in [0.15, 0.2) is 71.1 Å². The van der Waals surface area contributed by atoms with E-state index in [0.717, 1.165) is 28.7 Å². The lowest BCUT2D eigenvalue weighted by Crippen LogP contribution is -2.02. The third-order valence-corrected chi connectivity index (χ3v) is 4.85. The molecule has 4 aromatic rings. The molecule has 0 unspecified atom stereocenters. The zero-order valence-corrected chi connectivity index (χ0v) is 15.5. The molecule has 1 aromatic heterocycles. The number of rotatable bonds is 6. The zero-order valence-electron chi connectivity index (χ0n) is 15.5. The number of ketones is 1. The van der Waals surface area contributed by atoms with Crippen LogP contribution in [0.3, 0.4) is 0 Å². The van der Waals surface area contributed by atoms with Crippen LogP contribution < -0.4 is 0 Å². The molecule has 0 saturated heterocycles. The Balaban J connectivity index is 1.50. The molecule has 0 aliphatic heterocycles. The minimum atomic E-state index is 0.0205. The van der Waals surface area contributed by atoms with Gasteiger partial charge in [0, 0.05) is 29.5 Å². The van der Waals surface area contributed by atoms with E-state index in [9.17, 15) is 9.59 Å². The van der Waals surface area contributed by atoms with Crippen molar-refractivity contribution in [1.29, 1.82) is 0 Å². The molecule has 138 valence electrons. The first-order valence-electron chi connectivity index (χ1n) is 9.18. The predicted octanol–water partition coefficient (Wildman–Crippen LogP) is 5.43. The van der Waals surface area contributed by atoms with Crippen LogP contribution in [-0.4, -0.2) is 17.1 Å². The average Bonchev–Trinajstić information content (AvgIpc) is 3.12. The molecule has 1 heterocycles. The number of fused-ring (bicyclic) bond motifs is 1. The average molecular weight is 369 g/mol. The van der Waals surface area contributed by atoms with Gasteiger partial charge in [0.05, 0.1) is 5.69 Å². The molecular weight excluding hydrogens is 350 g/mol. The van der Waals surface area contributed by atoms with Crippen molar-refractivity contribution in [3.63, 3.8) is 0 Å². The van der Waals surface area contributed by atoms with Crippen molar-refractivity contribution in [3.05, 3.63) is 89.3 Å². The lowest BCUT2D eigenvalue weighted by molar-refractivity contribution is 0.0981. The number of aryl methyl sites for hydroxylation is 2. The molecule has 0 aliphatic carbocycles. The maximum Gasteiger partial charge on any atom is 0.226 e. The molecule has 0 bridgehead atoms. The van der Waals surface area contributed by atoms with Gasteiger partial charge in [-0.3, -0.25) is 9.59 Å². The molecular formula is C24H19NO3. The normalized spacial score (nSPS) is 10.9. The summed E-state index contributed by atoms with van der Waals surface area (Å²) in [5.74, 6) is 1.32. The van der Waals surface area contributed by atoms with Gasteiger partial charge in [-0.1, -0.05) is 54.6 Å². The highest BCUT2D eigenvalue weighted by Crippen LogP contribution is 2.26. The Morgan fingerprint density at radius 1 is 1.00 bits per heavy atom. The summed E-state index contributed by atoms with van der Waals surface area (Å²) in [5, 5.41) is 2.30. The van der Waals surface area contributed by atoms with Crippen molar-refractivity contribution in [3.8, 4) is 11.5 Å². The van der Waals surface area contributed by atoms with E-state index in [1.165, 1.54) is 5.39 Å². The molecule has 4 nitrogen and oxygen atoms in total. The molecule has 0 fully saturated rings. The summed E-state index contributed by atoms with van der Waals surface area (Å²) in [6.45, 7) is 1.87. The monoisotopic (exact) mass is 369 g/mol. The second-order valence-electron chi connectivity index (χ2n) is 6.75. The Bertz CT molecular complexity index is 1160. The number of carbonyl (C=O) groups excluding carboxylic acids is 2. The minimum Gasteiger partial charge on any atom is -0.441 e. The number of benzene rings is 3. The van der Waals surface area contributed by atoms with Gasteiger partial charge >= 0.3 is 0 Å². The maximum absolute atomic E-state index is 12.4. The van der Waals surface area contributed by atoms with Crippen LogP contribution in [-0.2, 0) is 6.42 Å². The van der Waals surface area contributed by atoms with Gasteiger partial charge in [0.25, 0.3) is 0 Å². The first-order valence-corrected chi connectivity index (χ1v) is 9.18. The number of carbonyl (C=O) groups is 2. The highest BCUT2D eigenvalue weighted by Gasteiger charge is 2.14. The number of aromatic nitrogens is 1. The van der Waals surface area contributed by atoms with Crippen molar-refractivity contribution in [2.45, 2.75) is 19.8 Å². The largest absolute Gasteiger partial charge is 0.441 e. The van der Waals surface area contributed by atoms with Gasteiger partial charge in [0.2, 0.25) is 5.89 Å². The number of aldehydes is 1. The third-order valence-electron chi connectivity index (χ3n) is 4.85. The number of Topliss-reactive ketones (excluding diaryl/α,β-unsaturated/α-hetero) is 1. The van der Waals surface area contributed by atoms with E-state index in [1.807, 2.05) is 25.1 Å². The fourth-order valence-corrected chi connectivity index (χ4v) is 3.23. The number of hydrogen-bond acceptors (Lipinski definition) is 4. The number of hydrogen-bond donors (Lipinski definition) is 0. The summed E-state index contributed by atoms with van der Waals surface area (Å²) in [4.78, 5) is 27.7. The van der Waals surface area contributed by atoms with Crippen LogP contribution in [0.2, 0.25) is 0 Å². The van der Waals surface area contributed by atoms with Crippen LogP contribution in [0.1, 0.15) is 38.6 Å². The lowest BCUT2D eigenvalue weighted by Gasteiger charge is -2.01. The molecule has 0 N–H and O–H groups in total. The van der Waals surface area contributed by atoms with E-state index in [4.69, 9.17) is 4.42 Å². The first kappa shape index (κ1) is 17.9. The Kier molecular flexibility index (Phi) is 4.85. The molecule has 0 radical (unpaired) electrons. The summed E-state index contributed by atoms with van der Waals surface area (Å²) >= 11 is 0. The number of nitrogens with zero attached hydrogens (tertiary/aromatic N) is 1. The van der Waals surface area contributed by atoms with Gasteiger partial charge in [-0.25, -0.2) is 4.98 Å². The highest BCUT2D eigenvalue weighted by molar-refractivity contribution is 5.96. The molecule has 0 amide bonds. The highest BCUT2D eigenvalue weighted by atomic mass is 16.4. The Labute approximate surface area is 162 Å². The van der Waals surface area contributed by atoms with Crippen molar-refractivity contribution in [2.24, 2.45) is 0 Å². The smallest absolute Gasteiger partial charge is 0.226 e. The fourth-order valence-electron chi connectivity index (χ4n) is 3.23. The third kappa shape index (κ3) is 3.62. The van der Waals surface area contributed by atoms with Crippen LogP contribution in [0.4, 0.5) is 0 Å². The van der Waals surface area contributed by atoms with E-state index in [1.54, 1.807) is 24.3 Å². The number of oxazole rings is 1. The molecule has 0 spiro atoms. The van der Waals surface area contributed by atoms with Gasteiger partial charge in [0.15, 0.2) is 5.78 Å². The van der Waals surface area contributed by atoms with E-state index in [0.29, 0.717) is 29.9 Å². The topological polar surface area (TPSA) is 60.2 Å². The Morgan fingerprint density at radius 3 is 2.50 bits per heavy atom. The second-order valence-corrected chi connectivity index (χ2v) is 6.75. The van der Waals surface area contributed by atoms with Gasteiger partial charge in [-0.05, 0) is 29.8 Å². The van der Waals surface area contributed by atoms with E-state index < -0.39 is 0 Å². The fraction of sp³-hybridized carbons (Fsp3) is 0.125. The van der Waals surface area contributed by atoms with Crippen LogP contribution >= 0.6 is 0 Å². The maximum atomic E-state index is 12.4. The predicted molar refractivity (Wildman–Crippen MR) is 109 cm³/mol. The quantitative estimate of drug-likeness (QED) is 0.336. The van der Waals surface area contributed by atoms with Crippen LogP contribution in [0, 0.1) is 6.92 Å². The van der Waals surface area contributed by atoms with Crippen molar-refractivity contribution in [2.75, 3.05) is 0 Å². The molecule has 0 atom stereocenters. The second kappa shape index (κ2) is 7.61. The molecule has 3 aromatic carbocycles. The zero-order chi connectivity index (χ0) is 19.5. The SMILES string of the molecule is Cc1oc(-c2ccc3ccccc3c2)nc1CCC(=O)c1ccc(C=O)cc1.